The van der Waals surface area contributed by atoms with Gasteiger partial charge in [-0.25, -0.2) is 0 Å². The van der Waals surface area contributed by atoms with Crippen LogP contribution in [-0.2, 0) is 13.5 Å². The SMILES string of the molecule is CCc1nn(C)c(C(=O)NC(C)c2ccccc2Cl)c1N. The number of carbonyl (C=O) groups is 1. The lowest BCUT2D eigenvalue weighted by atomic mass is 10.1. The number of nitrogens with two attached hydrogens (primary N) is 1. The van der Waals surface area contributed by atoms with Crippen molar-refractivity contribution in [2.45, 2.75) is 26.3 Å². The van der Waals surface area contributed by atoms with Crippen LogP contribution in [0.15, 0.2) is 24.3 Å². The number of nitrogens with zero attached hydrogens (tertiary/aromatic N) is 2. The van der Waals surface area contributed by atoms with Gasteiger partial charge in [-0.1, -0.05) is 36.7 Å². The minimum absolute atomic E-state index is 0.217. The third kappa shape index (κ3) is 3.03. The monoisotopic (exact) mass is 306 g/mol. The van der Waals surface area contributed by atoms with Crippen molar-refractivity contribution < 1.29 is 4.79 Å². The van der Waals surface area contributed by atoms with Crippen molar-refractivity contribution in [3.8, 4) is 0 Å². The van der Waals surface area contributed by atoms with E-state index in [-0.39, 0.29) is 11.9 Å². The minimum Gasteiger partial charge on any atom is -0.395 e. The summed E-state index contributed by atoms with van der Waals surface area (Å²) in [4.78, 5) is 12.4. The fourth-order valence-electron chi connectivity index (χ4n) is 2.30. The van der Waals surface area contributed by atoms with Crippen molar-refractivity contribution in [2.75, 3.05) is 5.73 Å². The number of hydrogen-bond acceptors (Lipinski definition) is 3. The Morgan fingerprint density at radius 1 is 1.48 bits per heavy atom. The van der Waals surface area contributed by atoms with E-state index in [0.717, 1.165) is 11.3 Å². The number of benzene rings is 1. The number of carbonyl (C=O) groups excluding carboxylic acids is 1. The van der Waals surface area contributed by atoms with Gasteiger partial charge in [0.05, 0.1) is 17.4 Å². The van der Waals surface area contributed by atoms with Crippen LogP contribution in [0.3, 0.4) is 0 Å². The third-order valence-electron chi connectivity index (χ3n) is 3.43. The molecule has 6 heteroatoms. The molecule has 2 aromatic rings. The standard InChI is InChI=1S/C15H19ClN4O/c1-4-12-13(17)14(20(3)19-12)15(21)18-9(2)10-7-5-6-8-11(10)16/h5-9H,4,17H2,1-3H3,(H,18,21). The molecule has 1 atom stereocenters. The van der Waals surface area contributed by atoms with E-state index in [9.17, 15) is 4.79 Å². The van der Waals surface area contributed by atoms with Gasteiger partial charge in [-0.05, 0) is 25.0 Å². The van der Waals surface area contributed by atoms with Gasteiger partial charge in [-0.2, -0.15) is 5.10 Å². The van der Waals surface area contributed by atoms with Crippen LogP contribution in [-0.4, -0.2) is 15.7 Å². The van der Waals surface area contributed by atoms with Crippen molar-refractivity contribution in [1.29, 1.82) is 0 Å². The first-order chi connectivity index (χ1) is 9.95. The Hall–Kier alpha value is -2.01. The lowest BCUT2D eigenvalue weighted by Crippen LogP contribution is -2.29. The van der Waals surface area contributed by atoms with Gasteiger partial charge in [0.1, 0.15) is 5.69 Å². The molecule has 3 N–H and O–H groups in total. The second-order valence-electron chi connectivity index (χ2n) is 4.90. The largest absolute Gasteiger partial charge is 0.395 e. The summed E-state index contributed by atoms with van der Waals surface area (Å²) in [5, 5.41) is 7.78. The van der Waals surface area contributed by atoms with Crippen LogP contribution in [0.1, 0.15) is 41.6 Å². The molecule has 0 aliphatic carbocycles. The van der Waals surface area contributed by atoms with Gasteiger partial charge < -0.3 is 11.1 Å². The Labute approximate surface area is 129 Å². The first-order valence-corrected chi connectivity index (χ1v) is 7.20. The molecule has 0 aliphatic heterocycles. The number of amides is 1. The van der Waals surface area contributed by atoms with E-state index < -0.39 is 0 Å². The highest BCUT2D eigenvalue weighted by Crippen LogP contribution is 2.23. The van der Waals surface area contributed by atoms with Crippen molar-refractivity contribution in [1.82, 2.24) is 15.1 Å². The van der Waals surface area contributed by atoms with E-state index >= 15 is 0 Å². The smallest absolute Gasteiger partial charge is 0.272 e. The van der Waals surface area contributed by atoms with Crippen LogP contribution < -0.4 is 11.1 Å². The van der Waals surface area contributed by atoms with E-state index in [4.69, 9.17) is 17.3 Å². The van der Waals surface area contributed by atoms with E-state index in [2.05, 4.69) is 10.4 Å². The van der Waals surface area contributed by atoms with Crippen LogP contribution in [0.2, 0.25) is 5.02 Å². The van der Waals surface area contributed by atoms with Gasteiger partial charge in [0.15, 0.2) is 0 Å². The molecule has 1 amide bonds. The van der Waals surface area contributed by atoms with Crippen LogP contribution >= 0.6 is 11.6 Å². The predicted molar refractivity (Wildman–Crippen MR) is 84.3 cm³/mol. The number of nitrogen functional groups attached to an aromatic ring is 1. The number of nitrogens with one attached hydrogen (secondary N) is 1. The molecule has 0 spiro atoms. The molecule has 2 rings (SSSR count). The summed E-state index contributed by atoms with van der Waals surface area (Å²) in [5.74, 6) is -0.255. The Bertz CT molecular complexity index is 666. The second-order valence-corrected chi connectivity index (χ2v) is 5.31. The van der Waals surface area contributed by atoms with E-state index in [1.165, 1.54) is 4.68 Å². The Morgan fingerprint density at radius 2 is 2.14 bits per heavy atom. The summed E-state index contributed by atoms with van der Waals surface area (Å²) < 4.78 is 1.52. The number of halogens is 1. The quantitative estimate of drug-likeness (QED) is 0.912. The van der Waals surface area contributed by atoms with Crippen LogP contribution in [0.25, 0.3) is 0 Å². The van der Waals surface area contributed by atoms with Crippen LogP contribution in [0.4, 0.5) is 5.69 Å². The number of aromatic nitrogens is 2. The number of aryl methyl sites for hydroxylation is 2. The molecule has 1 unspecified atom stereocenters. The Kier molecular flexibility index (Phi) is 4.53. The molecule has 0 fully saturated rings. The van der Waals surface area contributed by atoms with E-state index in [1.54, 1.807) is 13.1 Å². The summed E-state index contributed by atoms with van der Waals surface area (Å²) in [7, 11) is 1.71. The Morgan fingerprint density at radius 3 is 2.71 bits per heavy atom. The highest BCUT2D eigenvalue weighted by Gasteiger charge is 2.21. The molecule has 0 aliphatic rings. The summed E-state index contributed by atoms with van der Waals surface area (Å²) in [5.41, 5.74) is 8.40. The van der Waals surface area contributed by atoms with Crippen molar-refractivity contribution in [2.24, 2.45) is 7.05 Å². The molecule has 0 saturated heterocycles. The molecule has 1 heterocycles. The highest BCUT2D eigenvalue weighted by atomic mass is 35.5. The maximum Gasteiger partial charge on any atom is 0.272 e. The average Bonchev–Trinajstić information content (AvgIpc) is 2.73. The van der Waals surface area contributed by atoms with Gasteiger partial charge in [-0.15, -0.1) is 0 Å². The summed E-state index contributed by atoms with van der Waals surface area (Å²) >= 11 is 6.14. The zero-order valence-corrected chi connectivity index (χ0v) is 13.1. The molecular weight excluding hydrogens is 288 g/mol. The molecule has 5 nitrogen and oxygen atoms in total. The lowest BCUT2D eigenvalue weighted by Gasteiger charge is -2.16. The zero-order chi connectivity index (χ0) is 15.6. The van der Waals surface area contributed by atoms with Gasteiger partial charge in [-0.3, -0.25) is 9.48 Å². The number of hydrogen-bond donors (Lipinski definition) is 2. The molecule has 112 valence electrons. The molecule has 1 aromatic carbocycles. The second kappa shape index (κ2) is 6.18. The molecule has 1 aromatic heterocycles. The number of anilines is 1. The predicted octanol–water partition coefficient (Wildman–Crippen LogP) is 2.71. The van der Waals surface area contributed by atoms with Gasteiger partial charge >= 0.3 is 0 Å². The van der Waals surface area contributed by atoms with Crippen molar-refractivity contribution in [3.05, 3.63) is 46.2 Å². The van der Waals surface area contributed by atoms with Crippen molar-refractivity contribution in [3.63, 3.8) is 0 Å². The zero-order valence-electron chi connectivity index (χ0n) is 12.4. The average molecular weight is 307 g/mol. The fourth-order valence-corrected chi connectivity index (χ4v) is 2.59. The summed E-state index contributed by atoms with van der Waals surface area (Å²) in [6, 6.07) is 7.21. The number of rotatable bonds is 4. The first kappa shape index (κ1) is 15.4. The van der Waals surface area contributed by atoms with Crippen LogP contribution in [0.5, 0.6) is 0 Å². The summed E-state index contributed by atoms with van der Waals surface area (Å²) in [6.45, 7) is 3.83. The highest BCUT2D eigenvalue weighted by molar-refractivity contribution is 6.31. The normalized spacial score (nSPS) is 12.2. The fraction of sp³-hybridized carbons (Fsp3) is 0.333. The van der Waals surface area contributed by atoms with Gasteiger partial charge in [0.2, 0.25) is 0 Å². The molecule has 21 heavy (non-hydrogen) atoms. The maximum atomic E-state index is 12.4. The lowest BCUT2D eigenvalue weighted by molar-refractivity contribution is 0.0931. The van der Waals surface area contributed by atoms with Crippen molar-refractivity contribution >= 4 is 23.2 Å². The van der Waals surface area contributed by atoms with E-state index in [1.807, 2.05) is 32.0 Å². The molecular formula is C15H19ClN4O. The topological polar surface area (TPSA) is 72.9 Å². The third-order valence-corrected chi connectivity index (χ3v) is 3.77. The maximum absolute atomic E-state index is 12.4. The summed E-state index contributed by atoms with van der Waals surface area (Å²) in [6.07, 6.45) is 0.688. The first-order valence-electron chi connectivity index (χ1n) is 6.82. The molecule has 0 bridgehead atoms. The Balaban J connectivity index is 2.23. The van der Waals surface area contributed by atoms with E-state index in [0.29, 0.717) is 22.8 Å². The molecule has 0 radical (unpaired) electrons. The molecule has 0 saturated carbocycles. The van der Waals surface area contributed by atoms with Crippen LogP contribution in [0, 0.1) is 0 Å². The van der Waals surface area contributed by atoms with Gasteiger partial charge in [0.25, 0.3) is 5.91 Å². The minimum atomic E-state index is -0.255. The van der Waals surface area contributed by atoms with Gasteiger partial charge in [0, 0.05) is 12.1 Å².